The maximum absolute atomic E-state index is 12.2. The van der Waals surface area contributed by atoms with Crippen molar-refractivity contribution in [1.29, 1.82) is 0 Å². The summed E-state index contributed by atoms with van der Waals surface area (Å²) in [5.74, 6) is -1.77. The van der Waals surface area contributed by atoms with Crippen molar-refractivity contribution in [3.63, 3.8) is 0 Å². The third kappa shape index (κ3) is 2.79. The summed E-state index contributed by atoms with van der Waals surface area (Å²) in [6.07, 6.45) is 0.0575. The van der Waals surface area contributed by atoms with Crippen molar-refractivity contribution in [2.45, 2.75) is 16.6 Å². The predicted molar refractivity (Wildman–Crippen MR) is 67.6 cm³/mol. The second-order valence-electron chi connectivity index (χ2n) is 4.40. The smallest absolute Gasteiger partial charge is 0.335 e. The highest BCUT2D eigenvalue weighted by Gasteiger charge is 2.38. The van der Waals surface area contributed by atoms with Gasteiger partial charge in [-0.3, -0.25) is 0 Å². The zero-order chi connectivity index (χ0) is 14.3. The quantitative estimate of drug-likeness (QED) is 0.863. The van der Waals surface area contributed by atoms with Crippen LogP contribution in [0.5, 0.6) is 0 Å². The zero-order valence-corrected chi connectivity index (χ0v) is 11.4. The molecule has 1 N–H and O–H groups in total. The molecule has 0 aliphatic carbocycles. The SMILES string of the molecule is O=C(O)c1cccc(S(=O)(=O)[C@@H]2CCS(=O)(=O)C2)c1. The van der Waals surface area contributed by atoms with Crippen LogP contribution in [0.15, 0.2) is 29.2 Å². The molecule has 2 rings (SSSR count). The summed E-state index contributed by atoms with van der Waals surface area (Å²) >= 11 is 0. The van der Waals surface area contributed by atoms with E-state index >= 15 is 0 Å². The van der Waals surface area contributed by atoms with E-state index in [1.807, 2.05) is 0 Å². The lowest BCUT2D eigenvalue weighted by molar-refractivity contribution is 0.0696. The number of benzene rings is 1. The fourth-order valence-electron chi connectivity index (χ4n) is 2.00. The average molecular weight is 304 g/mol. The Labute approximate surface area is 110 Å². The van der Waals surface area contributed by atoms with Crippen molar-refractivity contribution in [3.05, 3.63) is 29.8 Å². The van der Waals surface area contributed by atoms with Gasteiger partial charge in [-0.05, 0) is 24.6 Å². The molecule has 1 aromatic carbocycles. The normalized spacial score (nSPS) is 22.2. The summed E-state index contributed by atoms with van der Waals surface area (Å²) in [7, 11) is -7.12. The van der Waals surface area contributed by atoms with Gasteiger partial charge in [-0.25, -0.2) is 21.6 Å². The van der Waals surface area contributed by atoms with Crippen LogP contribution in [-0.2, 0) is 19.7 Å². The molecular weight excluding hydrogens is 292 g/mol. The first kappa shape index (κ1) is 14.0. The molecule has 1 aromatic rings. The summed E-state index contributed by atoms with van der Waals surface area (Å²) in [5.41, 5.74) is -0.137. The Kier molecular flexibility index (Phi) is 3.40. The average Bonchev–Trinajstić information content (AvgIpc) is 2.70. The van der Waals surface area contributed by atoms with E-state index in [-0.39, 0.29) is 22.6 Å². The van der Waals surface area contributed by atoms with Crippen molar-refractivity contribution in [2.75, 3.05) is 11.5 Å². The fraction of sp³-hybridized carbons (Fsp3) is 0.364. The van der Waals surface area contributed by atoms with Crippen LogP contribution in [0.25, 0.3) is 0 Å². The second kappa shape index (κ2) is 4.61. The van der Waals surface area contributed by atoms with Crippen LogP contribution in [0.3, 0.4) is 0 Å². The number of hydrogen-bond acceptors (Lipinski definition) is 5. The largest absolute Gasteiger partial charge is 0.478 e. The monoisotopic (exact) mass is 304 g/mol. The molecule has 0 spiro atoms. The standard InChI is InChI=1S/C11H12O6S2/c12-11(13)8-2-1-3-9(6-8)19(16,17)10-4-5-18(14,15)7-10/h1-3,6,10H,4-5,7H2,(H,12,13)/t10-/m1/s1. The van der Waals surface area contributed by atoms with Gasteiger partial charge in [-0.2, -0.15) is 0 Å². The molecule has 1 aliphatic rings. The molecule has 0 unspecified atom stereocenters. The van der Waals surface area contributed by atoms with E-state index in [2.05, 4.69) is 0 Å². The highest BCUT2D eigenvalue weighted by atomic mass is 32.2. The maximum Gasteiger partial charge on any atom is 0.335 e. The molecule has 6 nitrogen and oxygen atoms in total. The molecule has 1 saturated heterocycles. The number of sulfone groups is 2. The lowest BCUT2D eigenvalue weighted by atomic mass is 10.2. The summed E-state index contributed by atoms with van der Waals surface area (Å²) in [6, 6.07) is 4.96. The Balaban J connectivity index is 2.41. The molecule has 19 heavy (non-hydrogen) atoms. The fourth-order valence-corrected chi connectivity index (χ4v) is 6.41. The summed E-state index contributed by atoms with van der Waals surface area (Å²) in [6.45, 7) is 0. The van der Waals surface area contributed by atoms with E-state index in [0.717, 1.165) is 6.07 Å². The van der Waals surface area contributed by atoms with Crippen LogP contribution in [0.4, 0.5) is 0 Å². The van der Waals surface area contributed by atoms with Crippen molar-refractivity contribution < 1.29 is 26.7 Å². The van der Waals surface area contributed by atoms with Crippen LogP contribution in [-0.4, -0.2) is 44.7 Å². The van der Waals surface area contributed by atoms with Crippen molar-refractivity contribution in [1.82, 2.24) is 0 Å². The molecule has 1 aliphatic heterocycles. The van der Waals surface area contributed by atoms with Gasteiger partial charge >= 0.3 is 5.97 Å². The molecule has 0 saturated carbocycles. The number of carboxylic acids is 1. The van der Waals surface area contributed by atoms with E-state index < -0.39 is 36.6 Å². The van der Waals surface area contributed by atoms with Gasteiger partial charge < -0.3 is 5.11 Å². The van der Waals surface area contributed by atoms with E-state index in [1.54, 1.807) is 0 Å². The predicted octanol–water partition coefficient (Wildman–Crippen LogP) is 0.346. The Morgan fingerprint density at radius 2 is 2.00 bits per heavy atom. The van der Waals surface area contributed by atoms with Gasteiger partial charge in [0, 0.05) is 0 Å². The second-order valence-corrected chi connectivity index (χ2v) is 8.86. The molecule has 0 amide bonds. The van der Waals surface area contributed by atoms with Gasteiger partial charge in [0.25, 0.3) is 0 Å². The lowest BCUT2D eigenvalue weighted by Crippen LogP contribution is -2.23. The van der Waals surface area contributed by atoms with Gasteiger partial charge in [0.1, 0.15) is 0 Å². The van der Waals surface area contributed by atoms with Crippen LogP contribution in [0.2, 0.25) is 0 Å². The van der Waals surface area contributed by atoms with Crippen molar-refractivity contribution in [2.24, 2.45) is 0 Å². The number of aromatic carboxylic acids is 1. The Morgan fingerprint density at radius 3 is 2.53 bits per heavy atom. The molecule has 1 atom stereocenters. The summed E-state index contributed by atoms with van der Waals surface area (Å²) in [4.78, 5) is 10.7. The van der Waals surface area contributed by atoms with Gasteiger partial charge in [0.05, 0.1) is 27.2 Å². The van der Waals surface area contributed by atoms with E-state index in [0.29, 0.717) is 0 Å². The first-order valence-corrected chi connectivity index (χ1v) is 8.87. The van der Waals surface area contributed by atoms with E-state index in [1.165, 1.54) is 18.2 Å². The van der Waals surface area contributed by atoms with Crippen LogP contribution in [0.1, 0.15) is 16.8 Å². The zero-order valence-electron chi connectivity index (χ0n) is 9.81. The molecule has 0 aromatic heterocycles. The van der Waals surface area contributed by atoms with Crippen molar-refractivity contribution in [3.8, 4) is 0 Å². The van der Waals surface area contributed by atoms with Gasteiger partial charge in [0.2, 0.25) is 0 Å². The molecule has 1 fully saturated rings. The molecule has 0 radical (unpaired) electrons. The van der Waals surface area contributed by atoms with Gasteiger partial charge in [0.15, 0.2) is 19.7 Å². The molecule has 8 heteroatoms. The van der Waals surface area contributed by atoms with Gasteiger partial charge in [-0.1, -0.05) is 6.07 Å². The van der Waals surface area contributed by atoms with E-state index in [4.69, 9.17) is 5.11 Å². The minimum Gasteiger partial charge on any atom is -0.478 e. The third-order valence-corrected chi connectivity index (χ3v) is 7.21. The molecular formula is C11H12O6S2. The summed E-state index contributed by atoms with van der Waals surface area (Å²) < 4.78 is 47.2. The Hall–Kier alpha value is -1.41. The van der Waals surface area contributed by atoms with Gasteiger partial charge in [-0.15, -0.1) is 0 Å². The third-order valence-electron chi connectivity index (χ3n) is 3.04. The topological polar surface area (TPSA) is 106 Å². The number of carboxylic acid groups (broad SMARTS) is 1. The highest BCUT2D eigenvalue weighted by Crippen LogP contribution is 2.25. The molecule has 104 valence electrons. The lowest BCUT2D eigenvalue weighted by Gasteiger charge is -2.10. The first-order chi connectivity index (χ1) is 8.72. The molecule has 1 heterocycles. The number of hydrogen-bond donors (Lipinski definition) is 1. The number of rotatable bonds is 3. The minimum atomic E-state index is -3.81. The van der Waals surface area contributed by atoms with E-state index in [9.17, 15) is 21.6 Å². The van der Waals surface area contributed by atoms with Crippen LogP contribution in [0, 0.1) is 0 Å². The Morgan fingerprint density at radius 1 is 1.32 bits per heavy atom. The van der Waals surface area contributed by atoms with Crippen LogP contribution >= 0.6 is 0 Å². The van der Waals surface area contributed by atoms with Crippen LogP contribution < -0.4 is 0 Å². The maximum atomic E-state index is 12.2. The summed E-state index contributed by atoms with van der Waals surface area (Å²) in [5, 5.41) is 7.85. The number of carbonyl (C=O) groups is 1. The first-order valence-electron chi connectivity index (χ1n) is 5.50. The highest BCUT2D eigenvalue weighted by molar-refractivity contribution is 7.96. The molecule has 0 bridgehead atoms. The van der Waals surface area contributed by atoms with Crippen molar-refractivity contribution >= 4 is 25.6 Å². The Bertz CT molecular complexity index is 717. The minimum absolute atomic E-state index is 0.0575.